The predicted octanol–water partition coefficient (Wildman–Crippen LogP) is 8.93. The van der Waals surface area contributed by atoms with Crippen LogP contribution in [0.25, 0.3) is 60.8 Å². The SMILES string of the molecule is c1ccc(-c2cccc(Oc3cccc(-n4c5cc6c(cc5c5cccnc54)oc4ccccc46)c3)c2)nc1. The summed E-state index contributed by atoms with van der Waals surface area (Å²) in [6.45, 7) is 0. The third-order valence-corrected chi connectivity index (χ3v) is 7.13. The first-order valence-electron chi connectivity index (χ1n) is 12.8. The summed E-state index contributed by atoms with van der Waals surface area (Å²) in [5, 5.41) is 4.35. The van der Waals surface area contributed by atoms with Crippen molar-refractivity contribution >= 4 is 43.9 Å². The molecule has 0 amide bonds. The van der Waals surface area contributed by atoms with Crippen LogP contribution in [0.3, 0.4) is 0 Å². The minimum atomic E-state index is 0.742. The van der Waals surface area contributed by atoms with Gasteiger partial charge in [0.05, 0.1) is 16.9 Å². The highest BCUT2D eigenvalue weighted by molar-refractivity contribution is 6.16. The number of para-hydroxylation sites is 1. The van der Waals surface area contributed by atoms with Gasteiger partial charge in [-0.15, -0.1) is 0 Å². The first-order chi connectivity index (χ1) is 19.3. The number of fused-ring (bicyclic) bond motifs is 6. The van der Waals surface area contributed by atoms with Crippen LogP contribution in [0.2, 0.25) is 0 Å². The van der Waals surface area contributed by atoms with Gasteiger partial charge in [-0.3, -0.25) is 9.55 Å². The zero-order chi connectivity index (χ0) is 25.8. The van der Waals surface area contributed by atoms with E-state index in [-0.39, 0.29) is 0 Å². The Bertz CT molecular complexity index is 2160. The van der Waals surface area contributed by atoms with E-state index in [1.807, 2.05) is 85.1 Å². The quantitative estimate of drug-likeness (QED) is 0.241. The van der Waals surface area contributed by atoms with Gasteiger partial charge in [-0.25, -0.2) is 4.98 Å². The second-order valence-electron chi connectivity index (χ2n) is 9.52. The van der Waals surface area contributed by atoms with Crippen LogP contribution in [0.1, 0.15) is 0 Å². The molecule has 0 spiro atoms. The fraction of sp³-hybridized carbons (Fsp3) is 0. The summed E-state index contributed by atoms with van der Waals surface area (Å²) < 4.78 is 14.7. The van der Waals surface area contributed by atoms with Crippen molar-refractivity contribution in [3.8, 4) is 28.4 Å². The molecule has 0 bridgehead atoms. The van der Waals surface area contributed by atoms with Gasteiger partial charge in [0.15, 0.2) is 0 Å². The van der Waals surface area contributed by atoms with Crippen molar-refractivity contribution in [2.75, 3.05) is 0 Å². The number of nitrogens with zero attached hydrogens (tertiary/aromatic N) is 3. The van der Waals surface area contributed by atoms with E-state index < -0.39 is 0 Å². The number of hydrogen-bond donors (Lipinski definition) is 0. The largest absolute Gasteiger partial charge is 0.457 e. The Morgan fingerprint density at radius 3 is 2.31 bits per heavy atom. The van der Waals surface area contributed by atoms with Gasteiger partial charge in [-0.2, -0.15) is 0 Å². The Morgan fingerprint density at radius 1 is 0.564 bits per heavy atom. The summed E-state index contributed by atoms with van der Waals surface area (Å²) in [5.41, 5.74) is 6.60. The van der Waals surface area contributed by atoms with Gasteiger partial charge in [0.25, 0.3) is 0 Å². The first kappa shape index (κ1) is 21.6. The highest BCUT2D eigenvalue weighted by Crippen LogP contribution is 2.38. The maximum absolute atomic E-state index is 6.34. The summed E-state index contributed by atoms with van der Waals surface area (Å²) in [7, 11) is 0. The van der Waals surface area contributed by atoms with Gasteiger partial charge in [-0.05, 0) is 66.7 Å². The molecular weight excluding hydrogens is 482 g/mol. The monoisotopic (exact) mass is 503 g/mol. The van der Waals surface area contributed by atoms with Crippen LogP contribution in [0.5, 0.6) is 11.5 Å². The molecule has 0 radical (unpaired) electrons. The highest BCUT2D eigenvalue weighted by atomic mass is 16.5. The van der Waals surface area contributed by atoms with Crippen LogP contribution >= 0.6 is 0 Å². The van der Waals surface area contributed by atoms with E-state index in [9.17, 15) is 0 Å². The molecule has 0 saturated carbocycles. The average Bonchev–Trinajstić information content (AvgIpc) is 3.51. The van der Waals surface area contributed by atoms with Gasteiger partial charge in [0, 0.05) is 45.6 Å². The van der Waals surface area contributed by atoms with Gasteiger partial charge in [0.2, 0.25) is 0 Å². The lowest BCUT2D eigenvalue weighted by molar-refractivity contribution is 0.482. The molecule has 0 aliphatic heterocycles. The van der Waals surface area contributed by atoms with E-state index >= 15 is 0 Å². The number of rotatable bonds is 4. The molecule has 8 aromatic rings. The summed E-state index contributed by atoms with van der Waals surface area (Å²) in [4.78, 5) is 9.24. The van der Waals surface area contributed by atoms with Crippen molar-refractivity contribution in [2.24, 2.45) is 0 Å². The molecule has 4 aromatic heterocycles. The molecule has 0 unspecified atom stereocenters. The molecule has 0 N–H and O–H groups in total. The summed E-state index contributed by atoms with van der Waals surface area (Å²) in [5.74, 6) is 1.49. The van der Waals surface area contributed by atoms with E-state index in [4.69, 9.17) is 14.1 Å². The van der Waals surface area contributed by atoms with Crippen molar-refractivity contribution in [3.63, 3.8) is 0 Å². The van der Waals surface area contributed by atoms with E-state index in [2.05, 4.69) is 45.9 Å². The zero-order valence-corrected chi connectivity index (χ0v) is 20.8. The smallest absolute Gasteiger partial charge is 0.145 e. The molecule has 0 aliphatic carbocycles. The highest BCUT2D eigenvalue weighted by Gasteiger charge is 2.17. The molecule has 5 nitrogen and oxygen atoms in total. The van der Waals surface area contributed by atoms with Crippen molar-refractivity contribution < 1.29 is 9.15 Å². The summed E-state index contributed by atoms with van der Waals surface area (Å²) in [6, 6.07) is 38.6. The normalized spacial score (nSPS) is 11.6. The Balaban J connectivity index is 1.27. The average molecular weight is 504 g/mol. The zero-order valence-electron chi connectivity index (χ0n) is 20.8. The van der Waals surface area contributed by atoms with E-state index in [1.165, 1.54) is 0 Å². The minimum absolute atomic E-state index is 0.742. The lowest BCUT2D eigenvalue weighted by atomic mass is 10.1. The van der Waals surface area contributed by atoms with E-state index in [0.29, 0.717) is 0 Å². The maximum Gasteiger partial charge on any atom is 0.145 e. The van der Waals surface area contributed by atoms with Gasteiger partial charge in [0.1, 0.15) is 28.3 Å². The standard InChI is InChI=1S/C34H21N3O2/c1-2-15-32-26(12-1)29-20-31-28(21-33(29)39-32)27-13-7-17-36-34(27)37(31)23-9-6-11-25(19-23)38-24-10-5-8-22(18-24)30-14-3-4-16-35-30/h1-21H. The molecule has 4 aromatic carbocycles. The molecule has 8 rings (SSSR count). The van der Waals surface area contributed by atoms with Crippen molar-refractivity contribution in [2.45, 2.75) is 0 Å². The second-order valence-corrected chi connectivity index (χ2v) is 9.52. The van der Waals surface area contributed by atoms with Crippen LogP contribution in [-0.4, -0.2) is 14.5 Å². The van der Waals surface area contributed by atoms with Gasteiger partial charge in [-0.1, -0.05) is 42.5 Å². The Morgan fingerprint density at radius 2 is 1.38 bits per heavy atom. The number of hydrogen-bond acceptors (Lipinski definition) is 4. The molecule has 5 heteroatoms. The Hall–Kier alpha value is -5.42. The van der Waals surface area contributed by atoms with E-state index in [0.717, 1.165) is 72.3 Å². The molecule has 184 valence electrons. The second kappa shape index (κ2) is 8.57. The van der Waals surface area contributed by atoms with Crippen molar-refractivity contribution in [1.29, 1.82) is 0 Å². The first-order valence-corrected chi connectivity index (χ1v) is 12.8. The summed E-state index contributed by atoms with van der Waals surface area (Å²) in [6.07, 6.45) is 3.63. The molecule has 0 aliphatic rings. The van der Waals surface area contributed by atoms with Crippen LogP contribution in [-0.2, 0) is 0 Å². The minimum Gasteiger partial charge on any atom is -0.457 e. The number of furan rings is 1. The number of pyridine rings is 2. The van der Waals surface area contributed by atoms with Crippen LogP contribution in [0, 0.1) is 0 Å². The lowest BCUT2D eigenvalue weighted by Crippen LogP contribution is -1.96. The number of benzene rings is 4. The third-order valence-electron chi connectivity index (χ3n) is 7.13. The third kappa shape index (κ3) is 3.55. The van der Waals surface area contributed by atoms with Gasteiger partial charge >= 0.3 is 0 Å². The molecule has 0 saturated heterocycles. The van der Waals surface area contributed by atoms with Crippen molar-refractivity contribution in [3.05, 3.63) is 128 Å². The fourth-order valence-electron chi connectivity index (χ4n) is 5.40. The van der Waals surface area contributed by atoms with Crippen LogP contribution in [0.15, 0.2) is 132 Å². The molecule has 0 atom stereocenters. The van der Waals surface area contributed by atoms with Gasteiger partial charge < -0.3 is 9.15 Å². The van der Waals surface area contributed by atoms with Crippen molar-refractivity contribution in [1.82, 2.24) is 14.5 Å². The Labute approximate surface area is 223 Å². The molecular formula is C34H21N3O2. The Kier molecular flexibility index (Phi) is 4.76. The van der Waals surface area contributed by atoms with Crippen LogP contribution in [0.4, 0.5) is 0 Å². The molecule has 4 heterocycles. The number of ether oxygens (including phenoxy) is 1. The van der Waals surface area contributed by atoms with E-state index in [1.54, 1.807) is 6.20 Å². The number of aromatic nitrogens is 3. The topological polar surface area (TPSA) is 53.1 Å². The predicted molar refractivity (Wildman–Crippen MR) is 156 cm³/mol. The maximum atomic E-state index is 6.34. The van der Waals surface area contributed by atoms with Crippen LogP contribution < -0.4 is 4.74 Å². The fourth-order valence-corrected chi connectivity index (χ4v) is 5.40. The molecule has 0 fully saturated rings. The molecule has 39 heavy (non-hydrogen) atoms. The lowest BCUT2D eigenvalue weighted by Gasteiger charge is -2.11. The summed E-state index contributed by atoms with van der Waals surface area (Å²) >= 11 is 0.